The molecule has 2 aliphatic rings. The summed E-state index contributed by atoms with van der Waals surface area (Å²) < 4.78 is 38.6. The predicted molar refractivity (Wildman–Crippen MR) is 108 cm³/mol. The lowest BCUT2D eigenvalue weighted by Crippen LogP contribution is -2.32. The molecule has 0 bridgehead atoms. The van der Waals surface area contributed by atoms with Crippen molar-refractivity contribution < 1.29 is 22.7 Å². The number of amides is 1. The van der Waals surface area contributed by atoms with Gasteiger partial charge in [-0.1, -0.05) is 12.8 Å². The third kappa shape index (κ3) is 3.72. The Hall–Kier alpha value is -2.52. The fourth-order valence-electron chi connectivity index (χ4n) is 3.93. The molecule has 2 aromatic rings. The fraction of sp³-hybridized carbons (Fsp3) is 0.450. The molecule has 3 heterocycles. The third-order valence-electron chi connectivity index (χ3n) is 5.39. The van der Waals surface area contributed by atoms with E-state index in [1.165, 1.54) is 0 Å². The molecule has 1 aromatic carbocycles. The first-order chi connectivity index (χ1) is 13.9. The zero-order valence-corrected chi connectivity index (χ0v) is 17.4. The van der Waals surface area contributed by atoms with Crippen molar-refractivity contribution in [3.05, 3.63) is 35.2 Å². The lowest BCUT2D eigenvalue weighted by Gasteiger charge is -2.20. The number of aryl methyl sites for hydroxylation is 1. The van der Waals surface area contributed by atoms with Crippen LogP contribution in [0.4, 0.5) is 5.69 Å². The molecule has 1 amide bonds. The van der Waals surface area contributed by atoms with Gasteiger partial charge in [-0.15, -0.1) is 0 Å². The number of rotatable bonds is 4. The van der Waals surface area contributed by atoms with Crippen LogP contribution in [0.15, 0.2) is 23.1 Å². The van der Waals surface area contributed by atoms with E-state index >= 15 is 0 Å². The molecule has 2 N–H and O–H groups in total. The summed E-state index contributed by atoms with van der Waals surface area (Å²) in [5.41, 5.74) is 1.70. The van der Waals surface area contributed by atoms with E-state index in [4.69, 9.17) is 9.47 Å². The maximum atomic E-state index is 13.2. The van der Waals surface area contributed by atoms with E-state index in [0.717, 1.165) is 25.7 Å². The zero-order chi connectivity index (χ0) is 20.6. The van der Waals surface area contributed by atoms with Crippen LogP contribution in [0.25, 0.3) is 0 Å². The lowest BCUT2D eigenvalue weighted by molar-refractivity contribution is 0.102. The molecule has 1 fully saturated rings. The van der Waals surface area contributed by atoms with Gasteiger partial charge in [0.25, 0.3) is 5.91 Å². The number of ether oxygens (including phenoxy) is 2. The Bertz CT molecular complexity index is 1040. The minimum Gasteiger partial charge on any atom is -0.454 e. The molecule has 0 saturated carbocycles. The van der Waals surface area contributed by atoms with E-state index in [1.807, 2.05) is 0 Å². The van der Waals surface area contributed by atoms with Gasteiger partial charge in [0.2, 0.25) is 16.8 Å². The summed E-state index contributed by atoms with van der Waals surface area (Å²) in [7, 11) is -3.65. The molecule has 9 heteroatoms. The quantitative estimate of drug-likeness (QED) is 0.793. The largest absolute Gasteiger partial charge is 0.454 e. The van der Waals surface area contributed by atoms with Gasteiger partial charge in [-0.05, 0) is 44.4 Å². The monoisotopic (exact) mass is 419 g/mol. The van der Waals surface area contributed by atoms with Crippen molar-refractivity contribution in [1.29, 1.82) is 0 Å². The van der Waals surface area contributed by atoms with Crippen molar-refractivity contribution in [2.75, 3.05) is 25.2 Å². The summed E-state index contributed by atoms with van der Waals surface area (Å²) in [5, 5.41) is 2.80. The number of hydrogen-bond acceptors (Lipinski definition) is 5. The Balaban J connectivity index is 1.60. The fourth-order valence-corrected chi connectivity index (χ4v) is 5.85. The summed E-state index contributed by atoms with van der Waals surface area (Å²) in [4.78, 5) is 16.0. The molecule has 29 heavy (non-hydrogen) atoms. The molecular weight excluding hydrogens is 394 g/mol. The number of nitrogens with one attached hydrogen (secondary N) is 2. The average Bonchev–Trinajstić information content (AvgIpc) is 3.13. The second-order valence-corrected chi connectivity index (χ2v) is 9.29. The van der Waals surface area contributed by atoms with E-state index in [-0.39, 0.29) is 17.4 Å². The second kappa shape index (κ2) is 7.72. The van der Waals surface area contributed by atoms with Crippen LogP contribution in [-0.4, -0.2) is 43.5 Å². The van der Waals surface area contributed by atoms with Crippen LogP contribution in [0.2, 0.25) is 0 Å². The van der Waals surface area contributed by atoms with E-state index in [9.17, 15) is 13.2 Å². The zero-order valence-electron chi connectivity index (χ0n) is 16.6. The molecule has 0 aliphatic carbocycles. The highest BCUT2D eigenvalue weighted by atomic mass is 32.2. The summed E-state index contributed by atoms with van der Waals surface area (Å²) in [6.45, 7) is 4.55. The highest BCUT2D eigenvalue weighted by Gasteiger charge is 2.32. The topological polar surface area (TPSA) is 101 Å². The Morgan fingerprint density at radius 3 is 2.48 bits per heavy atom. The van der Waals surface area contributed by atoms with E-state index in [0.29, 0.717) is 41.5 Å². The smallest absolute Gasteiger partial charge is 0.272 e. The van der Waals surface area contributed by atoms with Gasteiger partial charge in [-0.3, -0.25) is 4.79 Å². The summed E-state index contributed by atoms with van der Waals surface area (Å²) in [6, 6.07) is 5.12. The summed E-state index contributed by atoms with van der Waals surface area (Å²) >= 11 is 0. The van der Waals surface area contributed by atoms with Crippen LogP contribution >= 0.6 is 0 Å². The number of fused-ring (bicyclic) bond motifs is 1. The van der Waals surface area contributed by atoms with Gasteiger partial charge in [0.1, 0.15) is 10.6 Å². The first-order valence-corrected chi connectivity index (χ1v) is 11.2. The van der Waals surface area contributed by atoms with Crippen LogP contribution in [0, 0.1) is 13.8 Å². The Kier molecular flexibility index (Phi) is 5.26. The van der Waals surface area contributed by atoms with E-state index in [2.05, 4.69) is 10.3 Å². The van der Waals surface area contributed by atoms with Crippen LogP contribution in [0.5, 0.6) is 11.5 Å². The maximum absolute atomic E-state index is 13.2. The summed E-state index contributed by atoms with van der Waals surface area (Å²) in [5.74, 6) is 0.786. The molecule has 0 unspecified atom stereocenters. The Morgan fingerprint density at radius 2 is 1.76 bits per heavy atom. The number of aromatic nitrogens is 1. The van der Waals surface area contributed by atoms with Gasteiger partial charge in [0, 0.05) is 30.5 Å². The molecule has 8 nitrogen and oxygen atoms in total. The number of nitrogens with zero attached hydrogens (tertiary/aromatic N) is 1. The summed E-state index contributed by atoms with van der Waals surface area (Å²) in [6.07, 6.45) is 3.80. The number of hydrogen-bond donors (Lipinski definition) is 2. The number of carbonyl (C=O) groups excluding carboxylic acids is 1. The van der Waals surface area contributed by atoms with Crippen molar-refractivity contribution in [3.63, 3.8) is 0 Å². The van der Waals surface area contributed by atoms with Crippen molar-refractivity contribution in [3.8, 4) is 11.5 Å². The molecule has 1 aromatic heterocycles. The number of anilines is 1. The van der Waals surface area contributed by atoms with Gasteiger partial charge in [0.15, 0.2) is 11.5 Å². The van der Waals surface area contributed by atoms with E-state index < -0.39 is 15.9 Å². The molecule has 156 valence electrons. The van der Waals surface area contributed by atoms with Gasteiger partial charge < -0.3 is 19.8 Å². The van der Waals surface area contributed by atoms with Crippen molar-refractivity contribution in [2.45, 2.75) is 44.4 Å². The molecule has 4 rings (SSSR count). The third-order valence-corrected chi connectivity index (χ3v) is 7.56. The standard InChI is InChI=1S/C20H25N3O5S/c1-13-18(20(24)22-15-7-8-16-17(11-15)28-12-27-16)21-14(2)19(13)29(25,26)23-9-5-3-4-6-10-23/h7-8,11,21H,3-6,9-10,12H2,1-2H3,(H,22,24). The van der Waals surface area contributed by atoms with Crippen molar-refractivity contribution in [2.24, 2.45) is 0 Å². The highest BCUT2D eigenvalue weighted by Crippen LogP contribution is 2.34. The van der Waals surface area contributed by atoms with E-state index in [1.54, 1.807) is 36.4 Å². The maximum Gasteiger partial charge on any atom is 0.272 e. The molecule has 0 atom stereocenters. The van der Waals surface area contributed by atoms with Gasteiger partial charge in [-0.2, -0.15) is 4.31 Å². The van der Waals surface area contributed by atoms with Gasteiger partial charge >= 0.3 is 0 Å². The Morgan fingerprint density at radius 1 is 1.07 bits per heavy atom. The van der Waals surface area contributed by atoms with Crippen LogP contribution in [-0.2, 0) is 10.0 Å². The first-order valence-electron chi connectivity index (χ1n) is 9.78. The normalized spacial score (nSPS) is 17.2. The molecular formula is C20H25N3O5S. The highest BCUT2D eigenvalue weighted by molar-refractivity contribution is 7.89. The van der Waals surface area contributed by atoms with Crippen molar-refractivity contribution in [1.82, 2.24) is 9.29 Å². The molecule has 0 radical (unpaired) electrons. The number of benzene rings is 1. The minimum atomic E-state index is -3.65. The predicted octanol–water partition coefficient (Wildman–Crippen LogP) is 3.18. The second-order valence-electron chi connectivity index (χ2n) is 7.42. The van der Waals surface area contributed by atoms with Crippen molar-refractivity contribution >= 4 is 21.6 Å². The Labute approximate surface area is 170 Å². The molecule has 2 aliphatic heterocycles. The van der Waals surface area contributed by atoms with Crippen LogP contribution < -0.4 is 14.8 Å². The van der Waals surface area contributed by atoms with Gasteiger partial charge in [-0.25, -0.2) is 8.42 Å². The van der Waals surface area contributed by atoms with Crippen LogP contribution in [0.3, 0.4) is 0 Å². The number of H-pyrrole nitrogens is 1. The van der Waals surface area contributed by atoms with Gasteiger partial charge in [0.05, 0.1) is 0 Å². The SMILES string of the molecule is Cc1[nH]c(C(=O)Nc2ccc3c(c2)OCO3)c(C)c1S(=O)(=O)N1CCCCCC1. The number of aromatic amines is 1. The minimum absolute atomic E-state index is 0.152. The molecule has 1 saturated heterocycles. The molecule has 0 spiro atoms. The first kappa shape index (κ1) is 19.8. The number of carbonyl (C=O) groups is 1. The van der Waals surface area contributed by atoms with Crippen LogP contribution in [0.1, 0.15) is 47.4 Å². The number of sulfonamides is 1. The average molecular weight is 420 g/mol. The lowest BCUT2D eigenvalue weighted by atomic mass is 10.2.